The fourth-order valence-electron chi connectivity index (χ4n) is 5.62. The molecule has 2 aliphatic carbocycles. The van der Waals surface area contributed by atoms with Gasteiger partial charge in [-0.1, -0.05) is 38.5 Å². The summed E-state index contributed by atoms with van der Waals surface area (Å²) in [7, 11) is 0. The van der Waals surface area contributed by atoms with Crippen LogP contribution in [0.2, 0.25) is 0 Å². The standard InChI is InChI=1S/C30H56N2O4/c1-29(2,3)31-23-17-13-15-19-25(23)35-27(33)21-11-9-7-8-10-12-22-28(34)36-26-20-16-14-18-24(26)32-30(4,5)6/h23-26,31-32H,7-22H2,1-6H3. The zero-order valence-electron chi connectivity index (χ0n) is 24.3. The molecule has 0 aromatic rings. The van der Waals surface area contributed by atoms with Crippen molar-refractivity contribution in [2.45, 2.75) is 180 Å². The molecule has 0 aliphatic heterocycles. The van der Waals surface area contributed by atoms with Crippen molar-refractivity contribution in [3.05, 3.63) is 0 Å². The molecule has 2 N–H and O–H groups in total. The van der Waals surface area contributed by atoms with Crippen molar-refractivity contribution in [2.24, 2.45) is 0 Å². The highest BCUT2D eigenvalue weighted by atomic mass is 16.5. The highest BCUT2D eigenvalue weighted by Crippen LogP contribution is 2.25. The Labute approximate surface area is 221 Å². The van der Waals surface area contributed by atoms with Crippen LogP contribution >= 0.6 is 0 Å². The van der Waals surface area contributed by atoms with E-state index in [1.807, 2.05) is 0 Å². The van der Waals surface area contributed by atoms with E-state index in [1.165, 1.54) is 12.8 Å². The first kappa shape index (κ1) is 31.1. The number of nitrogens with one attached hydrogen (secondary N) is 2. The number of carbonyl (C=O) groups excluding carboxylic acids is 2. The Morgan fingerprint density at radius 1 is 0.583 bits per heavy atom. The Morgan fingerprint density at radius 2 is 0.917 bits per heavy atom. The lowest BCUT2D eigenvalue weighted by molar-refractivity contribution is -0.153. The van der Waals surface area contributed by atoms with Crippen LogP contribution in [0.3, 0.4) is 0 Å². The van der Waals surface area contributed by atoms with Gasteiger partial charge >= 0.3 is 11.9 Å². The quantitative estimate of drug-likeness (QED) is 0.216. The second kappa shape index (κ2) is 15.3. The SMILES string of the molecule is CC(C)(C)NC1CCCCC1OC(=O)CCCCCCCCC(=O)OC1CCCCC1NC(C)(C)C. The molecule has 6 nitrogen and oxygen atoms in total. The van der Waals surface area contributed by atoms with E-state index in [4.69, 9.17) is 9.47 Å². The van der Waals surface area contributed by atoms with Crippen molar-refractivity contribution in [3.63, 3.8) is 0 Å². The van der Waals surface area contributed by atoms with Gasteiger partial charge in [-0.25, -0.2) is 0 Å². The summed E-state index contributed by atoms with van der Waals surface area (Å²) < 4.78 is 11.7. The summed E-state index contributed by atoms with van der Waals surface area (Å²) in [6.07, 6.45) is 15.9. The Kier molecular flexibility index (Phi) is 13.2. The maximum absolute atomic E-state index is 12.4. The molecular weight excluding hydrogens is 452 g/mol. The first-order valence-electron chi connectivity index (χ1n) is 14.9. The van der Waals surface area contributed by atoms with Gasteiger partial charge in [0.1, 0.15) is 12.2 Å². The fraction of sp³-hybridized carbons (Fsp3) is 0.933. The van der Waals surface area contributed by atoms with Crippen LogP contribution in [0.25, 0.3) is 0 Å². The second-order valence-electron chi connectivity index (χ2n) is 13.2. The van der Waals surface area contributed by atoms with E-state index in [9.17, 15) is 9.59 Å². The van der Waals surface area contributed by atoms with E-state index >= 15 is 0 Å². The molecule has 4 unspecified atom stereocenters. The van der Waals surface area contributed by atoms with Crippen molar-refractivity contribution in [3.8, 4) is 0 Å². The molecule has 36 heavy (non-hydrogen) atoms. The van der Waals surface area contributed by atoms with Gasteiger partial charge in [-0.2, -0.15) is 0 Å². The van der Waals surface area contributed by atoms with E-state index in [0.717, 1.165) is 77.0 Å². The van der Waals surface area contributed by atoms with Crippen LogP contribution in [0.1, 0.15) is 144 Å². The van der Waals surface area contributed by atoms with Crippen molar-refractivity contribution in [1.82, 2.24) is 10.6 Å². The van der Waals surface area contributed by atoms with E-state index < -0.39 is 0 Å². The molecule has 0 spiro atoms. The number of hydrogen-bond donors (Lipinski definition) is 2. The van der Waals surface area contributed by atoms with Crippen LogP contribution in [0.5, 0.6) is 0 Å². The molecule has 0 aromatic heterocycles. The molecule has 0 heterocycles. The Morgan fingerprint density at radius 3 is 1.28 bits per heavy atom. The number of esters is 2. The van der Waals surface area contributed by atoms with Gasteiger partial charge in [0.05, 0.1) is 0 Å². The van der Waals surface area contributed by atoms with Gasteiger partial charge in [0.25, 0.3) is 0 Å². The summed E-state index contributed by atoms with van der Waals surface area (Å²) in [6.45, 7) is 13.0. The van der Waals surface area contributed by atoms with E-state index in [1.54, 1.807) is 0 Å². The predicted molar refractivity (Wildman–Crippen MR) is 147 cm³/mol. The second-order valence-corrected chi connectivity index (χ2v) is 13.2. The maximum atomic E-state index is 12.4. The largest absolute Gasteiger partial charge is 0.461 e. The van der Waals surface area contributed by atoms with Gasteiger partial charge in [-0.3, -0.25) is 9.59 Å². The third kappa shape index (κ3) is 13.4. The summed E-state index contributed by atoms with van der Waals surface area (Å²) in [4.78, 5) is 24.8. The zero-order chi connectivity index (χ0) is 26.6. The molecule has 2 fully saturated rings. The number of unbranched alkanes of at least 4 members (excludes halogenated alkanes) is 5. The first-order valence-corrected chi connectivity index (χ1v) is 14.9. The van der Waals surface area contributed by atoms with Gasteiger partial charge in [-0.15, -0.1) is 0 Å². The third-order valence-electron chi connectivity index (χ3n) is 7.22. The average Bonchev–Trinajstić information content (AvgIpc) is 2.76. The van der Waals surface area contributed by atoms with Gasteiger partial charge in [0, 0.05) is 36.0 Å². The van der Waals surface area contributed by atoms with Gasteiger partial charge in [0.15, 0.2) is 0 Å². The van der Waals surface area contributed by atoms with E-state index in [0.29, 0.717) is 12.8 Å². The van der Waals surface area contributed by atoms with Crippen LogP contribution in [0, 0.1) is 0 Å². The smallest absolute Gasteiger partial charge is 0.306 e. The molecule has 0 bridgehead atoms. The summed E-state index contributed by atoms with van der Waals surface area (Å²) in [5, 5.41) is 7.28. The monoisotopic (exact) mass is 508 g/mol. The summed E-state index contributed by atoms with van der Waals surface area (Å²) in [5.41, 5.74) is 0.0658. The molecule has 2 rings (SSSR count). The Hall–Kier alpha value is -1.14. The van der Waals surface area contributed by atoms with Crippen molar-refractivity contribution in [2.75, 3.05) is 0 Å². The van der Waals surface area contributed by atoms with Crippen LogP contribution in [0.4, 0.5) is 0 Å². The molecular formula is C30H56N2O4. The molecule has 2 saturated carbocycles. The first-order chi connectivity index (χ1) is 16.9. The fourth-order valence-corrected chi connectivity index (χ4v) is 5.62. The highest BCUT2D eigenvalue weighted by molar-refractivity contribution is 5.70. The lowest BCUT2D eigenvalue weighted by atomic mass is 9.90. The highest BCUT2D eigenvalue weighted by Gasteiger charge is 2.32. The van der Waals surface area contributed by atoms with Crippen LogP contribution in [-0.2, 0) is 19.1 Å². The molecule has 0 saturated heterocycles. The van der Waals surface area contributed by atoms with Crippen LogP contribution in [-0.4, -0.2) is 47.3 Å². The van der Waals surface area contributed by atoms with Crippen molar-refractivity contribution in [1.29, 1.82) is 0 Å². The molecule has 2 aliphatic rings. The molecule has 0 aromatic carbocycles. The minimum atomic E-state index is -0.0488. The molecule has 6 heteroatoms. The van der Waals surface area contributed by atoms with Crippen LogP contribution < -0.4 is 10.6 Å². The lowest BCUT2D eigenvalue weighted by Crippen LogP contribution is -2.51. The van der Waals surface area contributed by atoms with Gasteiger partial charge in [0.2, 0.25) is 0 Å². The maximum Gasteiger partial charge on any atom is 0.306 e. The van der Waals surface area contributed by atoms with Crippen molar-refractivity contribution < 1.29 is 19.1 Å². The van der Waals surface area contributed by atoms with Crippen molar-refractivity contribution >= 4 is 11.9 Å². The summed E-state index contributed by atoms with van der Waals surface area (Å²) >= 11 is 0. The van der Waals surface area contributed by atoms with E-state index in [-0.39, 0.29) is 47.3 Å². The van der Waals surface area contributed by atoms with Crippen LogP contribution in [0.15, 0.2) is 0 Å². The molecule has 0 amide bonds. The summed E-state index contributed by atoms with van der Waals surface area (Å²) in [6, 6.07) is 0.543. The number of carbonyl (C=O) groups is 2. The normalized spacial score (nSPS) is 25.4. The summed E-state index contributed by atoms with van der Waals surface area (Å²) in [5.74, 6) is -0.0976. The Bertz CT molecular complexity index is 596. The average molecular weight is 509 g/mol. The van der Waals surface area contributed by atoms with E-state index in [2.05, 4.69) is 52.2 Å². The molecule has 210 valence electrons. The number of rotatable bonds is 13. The van der Waals surface area contributed by atoms with Gasteiger partial charge in [-0.05, 0) is 92.9 Å². The third-order valence-corrected chi connectivity index (χ3v) is 7.22. The minimum Gasteiger partial charge on any atom is -0.461 e. The minimum absolute atomic E-state index is 0.0124. The molecule has 0 radical (unpaired) electrons. The van der Waals surface area contributed by atoms with Gasteiger partial charge < -0.3 is 20.1 Å². The molecule has 4 atom stereocenters. The predicted octanol–water partition coefficient (Wildman–Crippen LogP) is 6.59. The topological polar surface area (TPSA) is 76.7 Å². The number of ether oxygens (including phenoxy) is 2. The lowest BCUT2D eigenvalue weighted by Gasteiger charge is -2.36. The number of hydrogen-bond acceptors (Lipinski definition) is 6. The Balaban J connectivity index is 1.52. The zero-order valence-corrected chi connectivity index (χ0v) is 24.3.